The molecule has 0 aliphatic heterocycles. The summed E-state index contributed by atoms with van der Waals surface area (Å²) in [5.41, 5.74) is 8.78. The summed E-state index contributed by atoms with van der Waals surface area (Å²) in [5.74, 6) is 0. The van der Waals surface area contributed by atoms with Crippen LogP contribution in [0.2, 0.25) is 0 Å². The van der Waals surface area contributed by atoms with Crippen molar-refractivity contribution in [3.05, 3.63) is 182 Å². The molecule has 0 saturated heterocycles. The Hall–Kier alpha value is -6.44. The van der Waals surface area contributed by atoms with E-state index in [0.717, 1.165) is 49.0 Å². The van der Waals surface area contributed by atoms with Crippen molar-refractivity contribution in [3.63, 3.8) is 0 Å². The van der Waals surface area contributed by atoms with E-state index in [1.807, 2.05) is 24.3 Å². The van der Waals surface area contributed by atoms with Gasteiger partial charge in [0, 0.05) is 10.8 Å². The van der Waals surface area contributed by atoms with Gasteiger partial charge in [-0.15, -0.1) is 0 Å². The van der Waals surface area contributed by atoms with Crippen molar-refractivity contribution in [1.82, 2.24) is 0 Å². The van der Waals surface area contributed by atoms with E-state index in [4.69, 9.17) is 11.3 Å². The van der Waals surface area contributed by atoms with Crippen LogP contribution >= 0.6 is 0 Å². The van der Waals surface area contributed by atoms with Gasteiger partial charge in [-0.05, 0) is 101 Å². The summed E-state index contributed by atoms with van der Waals surface area (Å²) in [4.78, 5) is 0. The van der Waals surface area contributed by atoms with Crippen LogP contribution in [0.3, 0.4) is 0 Å². The molecule has 228 valence electrons. The van der Waals surface area contributed by atoms with Crippen LogP contribution < -0.4 is 0 Å². The molecular weight excluding hydrogens is 593 g/mol. The summed E-state index contributed by atoms with van der Waals surface area (Å²) in [6.45, 7) is 0. The normalized spacial score (nSPS) is 13.1. The Balaban J connectivity index is 1.16. The lowest BCUT2D eigenvalue weighted by Crippen LogP contribution is -1.91. The van der Waals surface area contributed by atoms with E-state index in [1.165, 1.54) is 27.5 Å². The smallest absolute Gasteiger partial charge is 0.136 e. The molecule has 1 nitrogen and oxygen atoms in total. The lowest BCUT2D eigenvalue weighted by molar-refractivity contribution is 0.669. The minimum atomic E-state index is -0.410. The highest BCUT2D eigenvalue weighted by Crippen LogP contribution is 2.47. The molecule has 1 heteroatoms. The van der Waals surface area contributed by atoms with Crippen LogP contribution in [0.15, 0.2) is 186 Å². The zero-order valence-corrected chi connectivity index (χ0v) is 26.3. The van der Waals surface area contributed by atoms with Crippen LogP contribution in [0, 0.1) is 0 Å². The van der Waals surface area contributed by atoms with E-state index in [1.54, 1.807) is 6.07 Å². The Morgan fingerprint density at radius 2 is 0.959 bits per heavy atom. The zero-order chi connectivity index (χ0) is 36.7. The molecule has 0 spiro atoms. The first-order valence-corrected chi connectivity index (χ1v) is 16.4. The van der Waals surface area contributed by atoms with Crippen molar-refractivity contribution < 1.29 is 11.3 Å². The van der Waals surface area contributed by atoms with Crippen molar-refractivity contribution in [2.24, 2.45) is 0 Å². The van der Waals surface area contributed by atoms with Crippen LogP contribution in [0.25, 0.3) is 98.8 Å². The van der Waals surface area contributed by atoms with Crippen molar-refractivity contribution in [2.75, 3.05) is 0 Å². The third kappa shape index (κ3) is 4.47. The fourth-order valence-corrected chi connectivity index (χ4v) is 7.51. The molecule has 0 unspecified atom stereocenters. The van der Waals surface area contributed by atoms with Crippen molar-refractivity contribution in [3.8, 4) is 44.5 Å². The molecule has 0 saturated carbocycles. The number of hydrogen-bond acceptors (Lipinski definition) is 1. The monoisotopic (exact) mass is 627 g/mol. The van der Waals surface area contributed by atoms with Crippen LogP contribution in [0.5, 0.6) is 0 Å². The van der Waals surface area contributed by atoms with Gasteiger partial charge in [0.05, 0.1) is 6.85 Å². The molecule has 1 heterocycles. The molecule has 1 aromatic heterocycles. The van der Waals surface area contributed by atoms with Gasteiger partial charge in [-0.3, -0.25) is 0 Å². The summed E-state index contributed by atoms with van der Waals surface area (Å²) in [7, 11) is 0. The van der Waals surface area contributed by atoms with Crippen LogP contribution in [0.1, 0.15) is 6.85 Å². The minimum Gasteiger partial charge on any atom is -0.456 e. The Labute approximate surface area is 291 Å². The van der Waals surface area contributed by atoms with E-state index in [0.29, 0.717) is 16.7 Å². The maximum absolute atomic E-state index is 8.54. The van der Waals surface area contributed by atoms with Crippen LogP contribution in [-0.2, 0) is 0 Å². The third-order valence-electron chi connectivity index (χ3n) is 9.74. The largest absolute Gasteiger partial charge is 0.456 e. The van der Waals surface area contributed by atoms with Gasteiger partial charge < -0.3 is 4.42 Å². The van der Waals surface area contributed by atoms with Crippen LogP contribution in [-0.4, -0.2) is 0 Å². The first-order chi connectivity index (χ1) is 26.4. The van der Waals surface area contributed by atoms with E-state index in [2.05, 4.69) is 121 Å². The molecular formula is C48H30O. The number of benzene rings is 9. The lowest BCUT2D eigenvalue weighted by Gasteiger charge is -2.18. The van der Waals surface area contributed by atoms with Gasteiger partial charge in [0.2, 0.25) is 0 Å². The first kappa shape index (κ1) is 23.0. The molecule has 0 bridgehead atoms. The summed E-state index contributed by atoms with van der Waals surface area (Å²) >= 11 is 0. The average Bonchev–Trinajstić information content (AvgIpc) is 3.60. The fraction of sp³-hybridized carbons (Fsp3) is 0. The van der Waals surface area contributed by atoms with E-state index < -0.39 is 6.04 Å². The number of fused-ring (bicyclic) bond motifs is 6. The topological polar surface area (TPSA) is 13.1 Å². The molecule has 10 aromatic rings. The zero-order valence-electron chi connectivity index (χ0n) is 31.3. The minimum absolute atomic E-state index is 0.154. The molecule has 0 radical (unpaired) electrons. The second-order valence-electron chi connectivity index (χ2n) is 12.5. The Bertz CT molecular complexity index is 3070. The van der Waals surface area contributed by atoms with Crippen LogP contribution in [0.4, 0.5) is 0 Å². The van der Waals surface area contributed by atoms with Gasteiger partial charge in [0.15, 0.2) is 0 Å². The number of rotatable bonds is 4. The summed E-state index contributed by atoms with van der Waals surface area (Å²) in [6, 6.07) is 51.2. The summed E-state index contributed by atoms with van der Waals surface area (Å²) < 4.78 is 48.0. The highest BCUT2D eigenvalue weighted by atomic mass is 16.3. The van der Waals surface area contributed by atoms with Gasteiger partial charge in [0.1, 0.15) is 11.2 Å². The second kappa shape index (κ2) is 11.1. The van der Waals surface area contributed by atoms with Gasteiger partial charge in [-0.2, -0.15) is 0 Å². The number of hydrogen-bond donors (Lipinski definition) is 0. The van der Waals surface area contributed by atoms with E-state index in [9.17, 15) is 0 Å². The molecule has 0 fully saturated rings. The highest BCUT2D eigenvalue weighted by Gasteiger charge is 2.20. The first-order valence-electron chi connectivity index (χ1n) is 18.9. The quantitative estimate of drug-likeness (QED) is 0.177. The average molecular weight is 628 g/mol. The predicted octanol–water partition coefficient (Wildman–Crippen LogP) is 13.7. The Morgan fingerprint density at radius 3 is 1.69 bits per heavy atom. The highest BCUT2D eigenvalue weighted by molar-refractivity contribution is 6.25. The molecule has 0 aliphatic rings. The maximum Gasteiger partial charge on any atom is 0.136 e. The predicted molar refractivity (Wildman–Crippen MR) is 208 cm³/mol. The van der Waals surface area contributed by atoms with Gasteiger partial charge in [-0.25, -0.2) is 0 Å². The van der Waals surface area contributed by atoms with Crippen molar-refractivity contribution >= 4 is 54.3 Å². The van der Waals surface area contributed by atoms with Crippen molar-refractivity contribution in [1.29, 1.82) is 0 Å². The molecule has 9 aromatic carbocycles. The van der Waals surface area contributed by atoms with Gasteiger partial charge in [0.25, 0.3) is 0 Å². The van der Waals surface area contributed by atoms with E-state index in [-0.39, 0.29) is 29.7 Å². The maximum atomic E-state index is 8.54. The molecule has 0 aliphatic carbocycles. The Morgan fingerprint density at radius 1 is 0.367 bits per heavy atom. The lowest BCUT2D eigenvalue weighted by atomic mass is 9.84. The van der Waals surface area contributed by atoms with Gasteiger partial charge in [-0.1, -0.05) is 158 Å². The summed E-state index contributed by atoms with van der Waals surface area (Å²) in [5, 5.41) is 8.86. The van der Waals surface area contributed by atoms with Crippen molar-refractivity contribution in [2.45, 2.75) is 0 Å². The molecule has 49 heavy (non-hydrogen) atoms. The second-order valence-corrected chi connectivity index (χ2v) is 12.5. The molecule has 0 N–H and O–H groups in total. The number of furan rings is 1. The molecule has 0 atom stereocenters. The van der Waals surface area contributed by atoms with E-state index >= 15 is 0 Å². The fourth-order valence-electron chi connectivity index (χ4n) is 7.51. The molecule has 0 amide bonds. The summed E-state index contributed by atoms with van der Waals surface area (Å²) in [6.07, 6.45) is 0. The molecule has 10 rings (SSSR count). The standard InChI is InChI=1S/C48H30O/c1-2-11-31(12-3-1)37-27-28-42-45(30-37)49-44-20-10-19-43(48(42)44)47-40-17-8-6-15-38(40)46(39-16-7-9-18-41(39)47)34-24-21-33(22-25-34)36-26-23-32-13-4-5-14-35(32)29-36/h1-30H/i1D,2D,3D,11D,12D. The SMILES string of the molecule is [2H]c1c([2H])c([2H])c(-c2ccc3c(c2)oc2cccc(-c4c5ccccc5c(-c5ccc(-c6ccc7ccccc7c6)cc5)c5ccccc45)c23)c([2H])c1[2H]. The third-order valence-corrected chi connectivity index (χ3v) is 9.74. The Kier molecular flexibility index (Phi) is 5.20. The van der Waals surface area contributed by atoms with Gasteiger partial charge >= 0.3 is 0 Å².